The second-order valence-electron chi connectivity index (χ2n) is 7.68. The van der Waals surface area contributed by atoms with E-state index in [9.17, 15) is 9.59 Å². The molecule has 1 saturated heterocycles. The van der Waals surface area contributed by atoms with Gasteiger partial charge in [0.05, 0.1) is 11.6 Å². The summed E-state index contributed by atoms with van der Waals surface area (Å²) in [5, 5.41) is 3.07. The lowest BCUT2D eigenvalue weighted by molar-refractivity contribution is 0.193. The number of likely N-dealkylation sites (tertiary alicyclic amines) is 1. The zero-order chi connectivity index (χ0) is 20.2. The Hall–Kier alpha value is -3.02. The molecule has 6 nitrogen and oxygen atoms in total. The Bertz CT molecular complexity index is 1040. The van der Waals surface area contributed by atoms with Crippen LogP contribution in [0.2, 0.25) is 0 Å². The van der Waals surface area contributed by atoms with Gasteiger partial charge in [-0.05, 0) is 55.4 Å². The Morgan fingerprint density at radius 3 is 2.83 bits per heavy atom. The van der Waals surface area contributed by atoms with Crippen LogP contribution in [-0.4, -0.2) is 28.6 Å². The molecule has 152 valence electrons. The third-order valence-corrected chi connectivity index (χ3v) is 5.73. The molecule has 1 aliphatic heterocycles. The van der Waals surface area contributed by atoms with Crippen molar-refractivity contribution in [3.05, 3.63) is 70.2 Å². The number of rotatable bonds is 6. The van der Waals surface area contributed by atoms with Crippen LogP contribution in [0.15, 0.2) is 57.7 Å². The number of fused-ring (bicyclic) bond motifs is 1. The van der Waals surface area contributed by atoms with Gasteiger partial charge in [-0.25, -0.2) is 9.59 Å². The molecule has 0 spiro atoms. The topological polar surface area (TPSA) is 67.5 Å². The number of hydrogen-bond acceptors (Lipinski definition) is 3. The smallest absolute Gasteiger partial charge is 0.408 e. The summed E-state index contributed by atoms with van der Waals surface area (Å²) in [6, 6.07) is 16.2. The molecule has 2 aromatic carbocycles. The number of amides is 2. The van der Waals surface area contributed by atoms with Gasteiger partial charge in [-0.1, -0.05) is 36.4 Å². The average molecular weight is 393 g/mol. The molecule has 2 amide bonds. The van der Waals surface area contributed by atoms with Gasteiger partial charge in [-0.3, -0.25) is 4.57 Å². The quantitative estimate of drug-likeness (QED) is 0.644. The number of carbonyl (C=O) groups excluding carboxylic acids is 1. The van der Waals surface area contributed by atoms with Crippen LogP contribution in [0.3, 0.4) is 0 Å². The molecule has 1 aromatic heterocycles. The first-order chi connectivity index (χ1) is 14.1. The van der Waals surface area contributed by atoms with Gasteiger partial charge in [0.25, 0.3) is 0 Å². The summed E-state index contributed by atoms with van der Waals surface area (Å²) in [6.45, 7) is 1.43. The molecule has 2 heterocycles. The zero-order valence-corrected chi connectivity index (χ0v) is 16.8. The summed E-state index contributed by atoms with van der Waals surface area (Å²) in [4.78, 5) is 26.4. The number of benzene rings is 2. The van der Waals surface area contributed by atoms with Crippen LogP contribution in [0, 0.1) is 0 Å². The van der Waals surface area contributed by atoms with E-state index in [1.54, 1.807) is 7.05 Å². The highest BCUT2D eigenvalue weighted by molar-refractivity contribution is 5.76. The number of unbranched alkanes of at least 4 members (excludes halogenated alkanes) is 1. The standard InChI is InChI=1S/C23H27N3O3/c1-25-20-13-12-18(16-21(20)29-23(25)28)19-11-7-15-26(19)22(27)24-14-6-5-10-17-8-3-2-4-9-17/h2-4,8-9,12-13,16,19H,5-7,10-11,14-15H2,1H3,(H,24,27). The Morgan fingerprint density at radius 2 is 2.00 bits per heavy atom. The molecular weight excluding hydrogens is 366 g/mol. The number of aryl methyl sites for hydroxylation is 2. The molecule has 29 heavy (non-hydrogen) atoms. The van der Waals surface area contributed by atoms with E-state index in [2.05, 4.69) is 29.6 Å². The van der Waals surface area contributed by atoms with Crippen LogP contribution in [0.4, 0.5) is 4.79 Å². The third kappa shape index (κ3) is 4.21. The first-order valence-electron chi connectivity index (χ1n) is 10.3. The minimum absolute atomic E-state index is 0.0122. The zero-order valence-electron chi connectivity index (χ0n) is 16.8. The predicted octanol–water partition coefficient (Wildman–Crippen LogP) is 4.00. The van der Waals surface area contributed by atoms with E-state index in [4.69, 9.17) is 4.42 Å². The maximum absolute atomic E-state index is 12.7. The summed E-state index contributed by atoms with van der Waals surface area (Å²) in [5.74, 6) is -0.367. The summed E-state index contributed by atoms with van der Waals surface area (Å²) < 4.78 is 6.80. The lowest BCUT2D eigenvalue weighted by Gasteiger charge is -2.25. The molecule has 0 aliphatic carbocycles. The highest BCUT2D eigenvalue weighted by atomic mass is 16.4. The van der Waals surface area contributed by atoms with Crippen molar-refractivity contribution in [1.29, 1.82) is 0 Å². The van der Waals surface area contributed by atoms with Gasteiger partial charge in [0.2, 0.25) is 0 Å². The van der Waals surface area contributed by atoms with Gasteiger partial charge in [0.1, 0.15) is 0 Å². The minimum Gasteiger partial charge on any atom is -0.408 e. The van der Waals surface area contributed by atoms with E-state index in [1.807, 2.05) is 29.2 Å². The fraction of sp³-hybridized carbons (Fsp3) is 0.391. The van der Waals surface area contributed by atoms with E-state index in [0.717, 1.165) is 49.7 Å². The first-order valence-corrected chi connectivity index (χ1v) is 10.3. The van der Waals surface area contributed by atoms with E-state index < -0.39 is 0 Å². The van der Waals surface area contributed by atoms with Crippen LogP contribution in [-0.2, 0) is 13.5 Å². The second-order valence-corrected chi connectivity index (χ2v) is 7.68. The highest BCUT2D eigenvalue weighted by Crippen LogP contribution is 2.33. The Morgan fingerprint density at radius 1 is 1.17 bits per heavy atom. The van der Waals surface area contributed by atoms with Gasteiger partial charge < -0.3 is 14.6 Å². The van der Waals surface area contributed by atoms with Crippen LogP contribution in [0.5, 0.6) is 0 Å². The maximum Gasteiger partial charge on any atom is 0.419 e. The number of urea groups is 1. The van der Waals surface area contributed by atoms with E-state index >= 15 is 0 Å². The Labute approximate surface area is 170 Å². The maximum atomic E-state index is 12.7. The highest BCUT2D eigenvalue weighted by Gasteiger charge is 2.30. The minimum atomic E-state index is -0.367. The molecule has 1 unspecified atom stereocenters. The predicted molar refractivity (Wildman–Crippen MR) is 113 cm³/mol. The van der Waals surface area contributed by atoms with E-state index in [-0.39, 0.29) is 17.8 Å². The van der Waals surface area contributed by atoms with Crippen LogP contribution in [0.1, 0.15) is 42.9 Å². The van der Waals surface area contributed by atoms with Crippen molar-refractivity contribution >= 4 is 17.1 Å². The monoisotopic (exact) mass is 393 g/mol. The van der Waals surface area contributed by atoms with Gasteiger partial charge in [0.15, 0.2) is 5.58 Å². The molecule has 3 aromatic rings. The van der Waals surface area contributed by atoms with Gasteiger partial charge in [0, 0.05) is 20.1 Å². The van der Waals surface area contributed by atoms with Crippen LogP contribution in [0.25, 0.3) is 11.1 Å². The normalized spacial score (nSPS) is 16.4. The molecule has 0 bridgehead atoms. The average Bonchev–Trinajstić information content (AvgIpc) is 3.33. The molecule has 4 rings (SSSR count). The number of carbonyl (C=O) groups is 1. The largest absolute Gasteiger partial charge is 0.419 e. The SMILES string of the molecule is Cn1c(=O)oc2cc(C3CCCN3C(=O)NCCCCc3ccccc3)ccc21. The van der Waals surface area contributed by atoms with Gasteiger partial charge >= 0.3 is 11.8 Å². The van der Waals surface area contributed by atoms with Gasteiger partial charge in [-0.15, -0.1) is 0 Å². The van der Waals surface area contributed by atoms with E-state index in [1.165, 1.54) is 10.1 Å². The third-order valence-electron chi connectivity index (χ3n) is 5.73. The lowest BCUT2D eigenvalue weighted by Crippen LogP contribution is -2.39. The van der Waals surface area contributed by atoms with Crippen molar-refractivity contribution in [1.82, 2.24) is 14.8 Å². The summed E-state index contributed by atoms with van der Waals surface area (Å²) in [7, 11) is 1.70. The summed E-state index contributed by atoms with van der Waals surface area (Å²) in [5.41, 5.74) is 3.69. The van der Waals surface area contributed by atoms with Crippen molar-refractivity contribution in [2.45, 2.75) is 38.1 Å². The molecule has 1 atom stereocenters. The number of nitrogens with zero attached hydrogens (tertiary/aromatic N) is 2. The fourth-order valence-electron chi connectivity index (χ4n) is 4.11. The Kier molecular flexibility index (Phi) is 5.69. The number of oxazole rings is 1. The summed E-state index contributed by atoms with van der Waals surface area (Å²) >= 11 is 0. The lowest BCUT2D eigenvalue weighted by atomic mass is 10.0. The molecule has 1 N–H and O–H groups in total. The van der Waals surface area contributed by atoms with E-state index in [0.29, 0.717) is 12.1 Å². The van der Waals surface area contributed by atoms with Crippen molar-refractivity contribution in [3.8, 4) is 0 Å². The molecule has 0 radical (unpaired) electrons. The van der Waals surface area contributed by atoms with Crippen molar-refractivity contribution in [3.63, 3.8) is 0 Å². The van der Waals surface area contributed by atoms with Crippen molar-refractivity contribution in [2.75, 3.05) is 13.1 Å². The van der Waals surface area contributed by atoms with Crippen molar-refractivity contribution < 1.29 is 9.21 Å². The molecular formula is C23H27N3O3. The van der Waals surface area contributed by atoms with Crippen LogP contribution < -0.4 is 11.1 Å². The first kappa shape index (κ1) is 19.3. The number of nitrogens with one attached hydrogen (secondary N) is 1. The molecule has 0 saturated carbocycles. The molecule has 6 heteroatoms. The van der Waals surface area contributed by atoms with Gasteiger partial charge in [-0.2, -0.15) is 0 Å². The molecule has 1 fully saturated rings. The van der Waals surface area contributed by atoms with Crippen LogP contribution >= 0.6 is 0 Å². The molecule has 1 aliphatic rings. The Balaban J connectivity index is 1.33. The second kappa shape index (κ2) is 8.55. The van der Waals surface area contributed by atoms with Crippen molar-refractivity contribution in [2.24, 2.45) is 7.05 Å². The number of hydrogen-bond donors (Lipinski definition) is 1. The fourth-order valence-corrected chi connectivity index (χ4v) is 4.11. The number of aromatic nitrogens is 1. The summed E-state index contributed by atoms with van der Waals surface area (Å²) in [6.07, 6.45) is 4.94.